The highest BCUT2D eigenvalue weighted by Gasteiger charge is 2.33. The lowest BCUT2D eigenvalue weighted by molar-refractivity contribution is 0.0750. The van der Waals surface area contributed by atoms with Crippen LogP contribution in [0.2, 0.25) is 0 Å². The molecule has 1 atom stereocenters. The molecule has 1 fully saturated rings. The van der Waals surface area contributed by atoms with Crippen molar-refractivity contribution in [2.75, 3.05) is 26.2 Å². The Labute approximate surface area is 176 Å². The van der Waals surface area contributed by atoms with Crippen LogP contribution in [0.5, 0.6) is 0 Å². The summed E-state index contributed by atoms with van der Waals surface area (Å²) in [6.07, 6.45) is 3.38. The highest BCUT2D eigenvalue weighted by atomic mass is 16.6. The Balaban J connectivity index is 1.36. The largest absolute Gasteiger partial charge is 0.448 e. The van der Waals surface area contributed by atoms with E-state index in [-0.39, 0.29) is 18.1 Å². The number of nitrogens with one attached hydrogen (secondary N) is 1. The fourth-order valence-electron chi connectivity index (χ4n) is 4.70. The molecule has 152 valence electrons. The molecule has 5 heteroatoms. The van der Waals surface area contributed by atoms with E-state index in [9.17, 15) is 4.79 Å². The van der Waals surface area contributed by atoms with Crippen LogP contribution >= 0.6 is 0 Å². The number of rotatable bonds is 3. The molecule has 1 aromatic heterocycles. The normalized spacial score (nSPS) is 18.0. The van der Waals surface area contributed by atoms with Crippen molar-refractivity contribution in [2.45, 2.75) is 18.9 Å². The maximum Gasteiger partial charge on any atom is 0.410 e. The third-order valence-corrected chi connectivity index (χ3v) is 6.25. The standard InChI is InChI=1S/C25H25N3O2/c1-17-10-11-26-14-22(17)24-15-27-12-13-28(24)25(29)30-16-23-20-8-4-2-6-18(20)19-7-3-5-9-21(19)23/h2-11,14,23-24,27H,12-13,15-16H2,1H3. The number of aryl methyl sites for hydroxylation is 1. The summed E-state index contributed by atoms with van der Waals surface area (Å²) in [5.41, 5.74) is 7.13. The molecule has 2 aliphatic rings. The minimum absolute atomic E-state index is 0.0666. The number of amides is 1. The van der Waals surface area contributed by atoms with Crippen molar-refractivity contribution in [1.82, 2.24) is 15.2 Å². The summed E-state index contributed by atoms with van der Waals surface area (Å²) in [5.74, 6) is 0.0721. The number of carbonyl (C=O) groups is 1. The minimum Gasteiger partial charge on any atom is -0.448 e. The molecule has 0 radical (unpaired) electrons. The van der Waals surface area contributed by atoms with Gasteiger partial charge in [-0.05, 0) is 46.4 Å². The van der Waals surface area contributed by atoms with Gasteiger partial charge in [0.2, 0.25) is 0 Å². The number of hydrogen-bond donors (Lipinski definition) is 1. The SMILES string of the molecule is Cc1ccncc1C1CNCCN1C(=O)OCC1c2ccccc2-c2ccccc21. The Hall–Kier alpha value is -3.18. The molecule has 5 rings (SSSR count). The quantitative estimate of drug-likeness (QED) is 0.714. The summed E-state index contributed by atoms with van der Waals surface area (Å²) in [4.78, 5) is 19.2. The summed E-state index contributed by atoms with van der Waals surface area (Å²) in [7, 11) is 0. The van der Waals surface area contributed by atoms with Gasteiger partial charge < -0.3 is 10.1 Å². The van der Waals surface area contributed by atoms with E-state index >= 15 is 0 Å². The zero-order valence-corrected chi connectivity index (χ0v) is 17.0. The maximum absolute atomic E-state index is 13.1. The second-order valence-corrected chi connectivity index (χ2v) is 7.95. The fourth-order valence-corrected chi connectivity index (χ4v) is 4.70. The van der Waals surface area contributed by atoms with Gasteiger partial charge in [-0.2, -0.15) is 0 Å². The van der Waals surface area contributed by atoms with E-state index in [4.69, 9.17) is 4.74 Å². The van der Waals surface area contributed by atoms with Crippen LogP contribution in [0.25, 0.3) is 11.1 Å². The number of nitrogens with zero attached hydrogens (tertiary/aromatic N) is 2. The summed E-state index contributed by atoms with van der Waals surface area (Å²) in [6.45, 7) is 4.49. The molecule has 1 saturated heterocycles. The first-order valence-electron chi connectivity index (χ1n) is 10.5. The van der Waals surface area contributed by atoms with Gasteiger partial charge in [0, 0.05) is 37.9 Å². The summed E-state index contributed by atoms with van der Waals surface area (Å²) >= 11 is 0. The summed E-state index contributed by atoms with van der Waals surface area (Å²) < 4.78 is 5.91. The van der Waals surface area contributed by atoms with Crippen molar-refractivity contribution in [2.24, 2.45) is 0 Å². The van der Waals surface area contributed by atoms with Crippen LogP contribution in [0.1, 0.15) is 34.2 Å². The Morgan fingerprint density at radius 2 is 1.77 bits per heavy atom. The molecule has 1 unspecified atom stereocenters. The van der Waals surface area contributed by atoms with E-state index in [1.807, 2.05) is 17.2 Å². The predicted octanol–water partition coefficient (Wildman–Crippen LogP) is 4.29. The minimum atomic E-state index is -0.258. The average Bonchev–Trinajstić information content (AvgIpc) is 3.12. The Morgan fingerprint density at radius 1 is 1.07 bits per heavy atom. The second kappa shape index (κ2) is 7.92. The van der Waals surface area contributed by atoms with E-state index < -0.39 is 0 Å². The second-order valence-electron chi connectivity index (χ2n) is 7.95. The van der Waals surface area contributed by atoms with Gasteiger partial charge in [-0.15, -0.1) is 0 Å². The molecule has 1 aliphatic heterocycles. The number of aromatic nitrogens is 1. The molecular formula is C25H25N3O2. The van der Waals surface area contributed by atoms with Gasteiger partial charge in [0.15, 0.2) is 0 Å². The molecule has 0 bridgehead atoms. The first-order chi connectivity index (χ1) is 14.7. The van der Waals surface area contributed by atoms with Crippen LogP contribution < -0.4 is 5.32 Å². The number of benzene rings is 2. The van der Waals surface area contributed by atoms with Crippen molar-refractivity contribution in [3.8, 4) is 11.1 Å². The van der Waals surface area contributed by atoms with E-state index in [2.05, 4.69) is 65.8 Å². The van der Waals surface area contributed by atoms with Gasteiger partial charge in [0.25, 0.3) is 0 Å². The van der Waals surface area contributed by atoms with Crippen LogP contribution in [0, 0.1) is 6.92 Å². The third-order valence-electron chi connectivity index (χ3n) is 6.25. The monoisotopic (exact) mass is 399 g/mol. The maximum atomic E-state index is 13.1. The van der Waals surface area contributed by atoms with Crippen LogP contribution in [-0.4, -0.2) is 42.2 Å². The Morgan fingerprint density at radius 3 is 2.47 bits per heavy atom. The average molecular weight is 399 g/mol. The van der Waals surface area contributed by atoms with Gasteiger partial charge in [-0.25, -0.2) is 4.79 Å². The lowest BCUT2D eigenvalue weighted by Crippen LogP contribution is -2.49. The smallest absolute Gasteiger partial charge is 0.410 e. The van der Waals surface area contributed by atoms with Crippen LogP contribution in [0.4, 0.5) is 4.79 Å². The molecule has 0 saturated carbocycles. The van der Waals surface area contributed by atoms with E-state index in [0.717, 1.165) is 17.7 Å². The molecule has 30 heavy (non-hydrogen) atoms. The highest BCUT2D eigenvalue weighted by Crippen LogP contribution is 2.44. The Kier molecular flexibility index (Phi) is 4.97. The number of fused-ring (bicyclic) bond motifs is 3. The van der Waals surface area contributed by atoms with Crippen molar-refractivity contribution in [1.29, 1.82) is 0 Å². The van der Waals surface area contributed by atoms with Gasteiger partial charge in [-0.3, -0.25) is 9.88 Å². The zero-order chi connectivity index (χ0) is 20.5. The zero-order valence-electron chi connectivity index (χ0n) is 17.0. The summed E-state index contributed by atoms with van der Waals surface area (Å²) in [5, 5.41) is 3.39. The highest BCUT2D eigenvalue weighted by molar-refractivity contribution is 5.79. The van der Waals surface area contributed by atoms with E-state index in [1.54, 1.807) is 6.20 Å². The van der Waals surface area contributed by atoms with Crippen LogP contribution in [0.3, 0.4) is 0 Å². The molecule has 3 aromatic rings. The van der Waals surface area contributed by atoms with E-state index in [1.165, 1.54) is 22.3 Å². The lowest BCUT2D eigenvalue weighted by Gasteiger charge is -2.36. The van der Waals surface area contributed by atoms with Crippen LogP contribution in [-0.2, 0) is 4.74 Å². The number of ether oxygens (including phenoxy) is 1. The molecule has 2 aromatic carbocycles. The first-order valence-corrected chi connectivity index (χ1v) is 10.5. The fraction of sp³-hybridized carbons (Fsp3) is 0.280. The number of hydrogen-bond acceptors (Lipinski definition) is 4. The van der Waals surface area contributed by atoms with Crippen molar-refractivity contribution in [3.05, 3.63) is 89.2 Å². The van der Waals surface area contributed by atoms with Gasteiger partial charge in [0.05, 0.1) is 6.04 Å². The molecule has 0 spiro atoms. The van der Waals surface area contributed by atoms with E-state index in [0.29, 0.717) is 19.7 Å². The molecule has 1 N–H and O–H groups in total. The lowest BCUT2D eigenvalue weighted by atomic mass is 9.98. The van der Waals surface area contributed by atoms with Crippen molar-refractivity contribution >= 4 is 6.09 Å². The third kappa shape index (κ3) is 3.25. The van der Waals surface area contributed by atoms with Gasteiger partial charge in [-0.1, -0.05) is 48.5 Å². The Bertz CT molecular complexity index is 1040. The van der Waals surface area contributed by atoms with Crippen molar-refractivity contribution < 1.29 is 9.53 Å². The van der Waals surface area contributed by atoms with Gasteiger partial charge >= 0.3 is 6.09 Å². The number of carbonyl (C=O) groups excluding carboxylic acids is 1. The molecule has 1 amide bonds. The van der Waals surface area contributed by atoms with Gasteiger partial charge in [0.1, 0.15) is 6.61 Å². The number of piperazine rings is 1. The molecule has 1 aliphatic carbocycles. The van der Waals surface area contributed by atoms with Crippen molar-refractivity contribution in [3.63, 3.8) is 0 Å². The molecule has 5 nitrogen and oxygen atoms in total. The predicted molar refractivity (Wildman–Crippen MR) is 116 cm³/mol. The first kappa shape index (κ1) is 18.8. The molecule has 2 heterocycles. The number of pyridine rings is 1. The topological polar surface area (TPSA) is 54.5 Å². The van der Waals surface area contributed by atoms with Crippen LogP contribution in [0.15, 0.2) is 67.0 Å². The summed E-state index contributed by atoms with van der Waals surface area (Å²) in [6, 6.07) is 18.7. The molecular weight excluding hydrogens is 374 g/mol.